The van der Waals surface area contributed by atoms with E-state index in [1.165, 1.54) is 0 Å². The van der Waals surface area contributed by atoms with Crippen LogP contribution in [-0.4, -0.2) is 20.7 Å². The smallest absolute Gasteiger partial charge is 0.357 e. The lowest BCUT2D eigenvalue weighted by molar-refractivity contribution is 0.238. The van der Waals surface area contributed by atoms with Crippen LogP contribution in [0.15, 0.2) is 11.6 Å². The van der Waals surface area contributed by atoms with Crippen molar-refractivity contribution >= 4 is 7.60 Å². The van der Waals surface area contributed by atoms with Crippen LogP contribution in [-0.2, 0) is 4.57 Å². The quantitative estimate of drug-likeness (QED) is 0.411. The van der Waals surface area contributed by atoms with Gasteiger partial charge in [0.2, 0.25) is 0 Å². The maximum Gasteiger partial charge on any atom is 0.357 e. The van der Waals surface area contributed by atoms with Crippen LogP contribution in [0.2, 0.25) is 0 Å². The van der Waals surface area contributed by atoms with Crippen LogP contribution in [0.25, 0.3) is 0 Å². The zero-order valence-electron chi connectivity index (χ0n) is 5.85. The summed E-state index contributed by atoms with van der Waals surface area (Å²) in [7, 11) is -4.33. The predicted octanol–water partition coefficient (Wildman–Crippen LogP) is 0.449. The molecule has 1 atom stereocenters. The lowest BCUT2D eigenvalue weighted by atomic mass is 10.3. The summed E-state index contributed by atoms with van der Waals surface area (Å²) in [6.07, 6.45) is 1.13. The average Bonchev–Trinajstić information content (AvgIpc) is 1.60. The normalized spacial score (nSPS) is 14.5. The third kappa shape index (κ3) is 3.80. The second-order valence-corrected chi connectivity index (χ2v) is 3.95. The summed E-state index contributed by atoms with van der Waals surface area (Å²) in [4.78, 5) is 16.7. The van der Waals surface area contributed by atoms with Gasteiger partial charge < -0.3 is 14.9 Å². The van der Waals surface area contributed by atoms with Gasteiger partial charge in [0.25, 0.3) is 0 Å². The number of aliphatic hydroxyl groups excluding tert-OH is 1. The van der Waals surface area contributed by atoms with E-state index in [9.17, 15) is 4.57 Å². The van der Waals surface area contributed by atoms with Crippen LogP contribution in [0.5, 0.6) is 0 Å². The molecular weight excluding hydrogens is 155 g/mol. The van der Waals surface area contributed by atoms with Crippen LogP contribution >= 0.6 is 7.60 Å². The summed E-state index contributed by atoms with van der Waals surface area (Å²) in [6, 6.07) is 0. The molecule has 0 amide bonds. The number of aliphatic hydroxyl groups is 1. The molecule has 0 saturated carbocycles. The van der Waals surface area contributed by atoms with Gasteiger partial charge in [-0.3, -0.25) is 4.57 Å². The van der Waals surface area contributed by atoms with Gasteiger partial charge in [0, 0.05) is 0 Å². The fraction of sp³-hybridized carbons (Fsp3) is 0.600. The van der Waals surface area contributed by atoms with E-state index in [1.807, 2.05) is 0 Å². The summed E-state index contributed by atoms with van der Waals surface area (Å²) in [5, 5.41) is 8.72. The molecule has 0 fully saturated rings. The first-order chi connectivity index (χ1) is 4.34. The molecule has 0 saturated heterocycles. The van der Waals surface area contributed by atoms with Crippen LogP contribution in [0, 0.1) is 0 Å². The molecule has 0 aromatic heterocycles. The van der Waals surface area contributed by atoms with Gasteiger partial charge in [-0.2, -0.15) is 0 Å². The lowest BCUT2D eigenvalue weighted by Gasteiger charge is -2.07. The number of rotatable bonds is 2. The minimum absolute atomic E-state index is 0.677. The van der Waals surface area contributed by atoms with Crippen molar-refractivity contribution in [1.29, 1.82) is 0 Å². The molecule has 1 unspecified atom stereocenters. The Morgan fingerprint density at radius 1 is 1.50 bits per heavy atom. The Morgan fingerprint density at radius 2 is 1.90 bits per heavy atom. The highest BCUT2D eigenvalue weighted by atomic mass is 31.2. The van der Waals surface area contributed by atoms with Gasteiger partial charge in [-0.05, 0) is 19.9 Å². The molecule has 10 heavy (non-hydrogen) atoms. The van der Waals surface area contributed by atoms with E-state index in [0.717, 1.165) is 6.08 Å². The monoisotopic (exact) mass is 166 g/mol. The number of allylic oxidation sites excluding steroid dienone is 1. The van der Waals surface area contributed by atoms with E-state index >= 15 is 0 Å². The topological polar surface area (TPSA) is 77.8 Å². The Hall–Kier alpha value is -0.150. The highest BCUT2D eigenvalue weighted by Gasteiger charge is 2.23. The Morgan fingerprint density at radius 3 is 2.00 bits per heavy atom. The fourth-order valence-electron chi connectivity index (χ4n) is 0.395. The van der Waals surface area contributed by atoms with Gasteiger partial charge in [0.05, 0.1) is 0 Å². The number of hydrogen-bond donors (Lipinski definition) is 3. The Bertz CT molecular complexity index is 176. The van der Waals surface area contributed by atoms with Crippen LogP contribution in [0.4, 0.5) is 0 Å². The predicted molar refractivity (Wildman–Crippen MR) is 37.5 cm³/mol. The molecule has 0 aromatic rings. The third-order valence-corrected chi connectivity index (χ3v) is 1.67. The summed E-state index contributed by atoms with van der Waals surface area (Å²) in [5.41, 5.74) is 0.677. The Kier molecular flexibility index (Phi) is 3.25. The summed E-state index contributed by atoms with van der Waals surface area (Å²) < 4.78 is 10.3. The zero-order chi connectivity index (χ0) is 8.36. The van der Waals surface area contributed by atoms with Gasteiger partial charge >= 0.3 is 7.60 Å². The molecule has 5 heteroatoms. The van der Waals surface area contributed by atoms with Crippen molar-refractivity contribution < 1.29 is 19.5 Å². The van der Waals surface area contributed by atoms with Gasteiger partial charge in [-0.15, -0.1) is 0 Å². The summed E-state index contributed by atoms with van der Waals surface area (Å²) >= 11 is 0. The summed E-state index contributed by atoms with van der Waals surface area (Å²) in [6.45, 7) is 3.30. The second-order valence-electron chi connectivity index (χ2n) is 2.25. The van der Waals surface area contributed by atoms with Crippen LogP contribution in [0.3, 0.4) is 0 Å². The molecule has 0 radical (unpaired) electrons. The van der Waals surface area contributed by atoms with E-state index in [1.54, 1.807) is 13.8 Å². The van der Waals surface area contributed by atoms with E-state index in [2.05, 4.69) is 0 Å². The zero-order valence-corrected chi connectivity index (χ0v) is 6.75. The first kappa shape index (κ1) is 9.85. The minimum Gasteiger partial charge on any atom is -0.377 e. The maximum atomic E-state index is 10.3. The van der Waals surface area contributed by atoms with Gasteiger partial charge in [-0.25, -0.2) is 0 Å². The van der Waals surface area contributed by atoms with Gasteiger partial charge in [-0.1, -0.05) is 5.57 Å². The largest absolute Gasteiger partial charge is 0.377 e. The SMILES string of the molecule is CC(C)=CC(O)P(=O)(O)O. The van der Waals surface area contributed by atoms with E-state index in [4.69, 9.17) is 14.9 Å². The van der Waals surface area contributed by atoms with E-state index in [0.29, 0.717) is 5.57 Å². The maximum absolute atomic E-state index is 10.3. The molecule has 60 valence electrons. The van der Waals surface area contributed by atoms with Crippen molar-refractivity contribution in [3.05, 3.63) is 11.6 Å². The minimum atomic E-state index is -4.33. The standard InChI is InChI=1S/C5H11O4P/c1-4(2)3-5(6)10(7,8)9/h3,5-6H,1-2H3,(H2,7,8,9). The Balaban J connectivity index is 4.26. The molecule has 4 nitrogen and oxygen atoms in total. The molecule has 0 heterocycles. The van der Waals surface area contributed by atoms with Crippen LogP contribution in [0.1, 0.15) is 13.8 Å². The molecule has 0 bridgehead atoms. The highest BCUT2D eigenvalue weighted by molar-refractivity contribution is 7.52. The third-order valence-electron chi connectivity index (χ3n) is 0.827. The van der Waals surface area contributed by atoms with Crippen molar-refractivity contribution in [3.8, 4) is 0 Å². The van der Waals surface area contributed by atoms with Crippen molar-refractivity contribution in [2.24, 2.45) is 0 Å². The molecule has 0 aliphatic carbocycles. The van der Waals surface area contributed by atoms with Gasteiger partial charge in [0.1, 0.15) is 0 Å². The number of hydrogen-bond acceptors (Lipinski definition) is 2. The lowest BCUT2D eigenvalue weighted by Crippen LogP contribution is -2.02. The van der Waals surface area contributed by atoms with Gasteiger partial charge in [0.15, 0.2) is 5.85 Å². The van der Waals surface area contributed by atoms with Crippen molar-refractivity contribution in [3.63, 3.8) is 0 Å². The first-order valence-corrected chi connectivity index (χ1v) is 4.40. The highest BCUT2D eigenvalue weighted by Crippen LogP contribution is 2.40. The second kappa shape index (κ2) is 3.30. The van der Waals surface area contributed by atoms with Crippen LogP contribution < -0.4 is 0 Å². The van der Waals surface area contributed by atoms with E-state index in [-0.39, 0.29) is 0 Å². The van der Waals surface area contributed by atoms with Crippen molar-refractivity contribution in [2.45, 2.75) is 19.7 Å². The molecular formula is C5H11O4P. The molecule has 0 aliphatic heterocycles. The van der Waals surface area contributed by atoms with Crippen molar-refractivity contribution in [2.75, 3.05) is 0 Å². The fourth-order valence-corrected chi connectivity index (χ4v) is 0.888. The van der Waals surface area contributed by atoms with E-state index < -0.39 is 13.4 Å². The first-order valence-electron chi connectivity index (χ1n) is 2.72. The van der Waals surface area contributed by atoms with Crippen molar-refractivity contribution in [1.82, 2.24) is 0 Å². The molecule has 3 N–H and O–H groups in total. The molecule has 0 aliphatic rings. The Labute approximate surface area is 59.4 Å². The molecule has 0 spiro atoms. The summed E-state index contributed by atoms with van der Waals surface area (Å²) in [5.74, 6) is -1.66. The molecule has 0 rings (SSSR count). The molecule has 0 aromatic carbocycles. The average molecular weight is 166 g/mol.